The summed E-state index contributed by atoms with van der Waals surface area (Å²) in [7, 11) is 0. The molecule has 0 bridgehead atoms. The van der Waals surface area contributed by atoms with Gasteiger partial charge in [-0.05, 0) is 31.4 Å². The van der Waals surface area contributed by atoms with Crippen molar-refractivity contribution in [2.24, 2.45) is 0 Å². The SMILES string of the molecule is CC(C)(C)c1nc2ccc(Cl)c(SC3CCC(O)C3)c2o1. The summed E-state index contributed by atoms with van der Waals surface area (Å²) in [6, 6.07) is 3.79. The molecular weight excluding hydrogens is 306 g/mol. The summed E-state index contributed by atoms with van der Waals surface area (Å²) in [5.41, 5.74) is 1.50. The molecule has 0 aliphatic heterocycles. The molecule has 21 heavy (non-hydrogen) atoms. The van der Waals surface area contributed by atoms with Gasteiger partial charge in [-0.3, -0.25) is 0 Å². The van der Waals surface area contributed by atoms with E-state index in [9.17, 15) is 5.11 Å². The fourth-order valence-corrected chi connectivity index (χ4v) is 4.19. The number of aromatic nitrogens is 1. The lowest BCUT2D eigenvalue weighted by Crippen LogP contribution is -2.10. The van der Waals surface area contributed by atoms with Crippen LogP contribution in [0.15, 0.2) is 21.4 Å². The highest BCUT2D eigenvalue weighted by Gasteiger charge is 2.27. The molecule has 0 amide bonds. The average Bonchev–Trinajstić information content (AvgIpc) is 2.98. The van der Waals surface area contributed by atoms with Gasteiger partial charge in [0.15, 0.2) is 5.58 Å². The van der Waals surface area contributed by atoms with Crippen LogP contribution in [-0.2, 0) is 5.41 Å². The van der Waals surface area contributed by atoms with Crippen LogP contribution >= 0.6 is 23.4 Å². The fourth-order valence-electron chi connectivity index (χ4n) is 2.57. The summed E-state index contributed by atoms with van der Waals surface area (Å²) < 4.78 is 6.00. The molecule has 5 heteroatoms. The molecule has 1 aromatic heterocycles. The zero-order valence-corrected chi connectivity index (χ0v) is 14.1. The predicted octanol–water partition coefficient (Wildman–Crippen LogP) is 4.78. The zero-order chi connectivity index (χ0) is 15.2. The Balaban J connectivity index is 2.00. The van der Waals surface area contributed by atoms with Crippen molar-refractivity contribution < 1.29 is 9.52 Å². The second-order valence-electron chi connectivity index (χ2n) is 6.70. The van der Waals surface area contributed by atoms with Crippen LogP contribution in [0.25, 0.3) is 11.1 Å². The molecule has 1 N–H and O–H groups in total. The minimum Gasteiger partial charge on any atom is -0.439 e. The first-order chi connectivity index (χ1) is 9.84. The summed E-state index contributed by atoms with van der Waals surface area (Å²) in [5, 5.41) is 10.8. The van der Waals surface area contributed by atoms with Crippen LogP contribution in [0.3, 0.4) is 0 Å². The standard InChI is InChI=1S/C16H20ClNO2S/c1-16(2,3)15-18-12-7-6-11(17)14(13(12)20-15)21-10-5-4-9(19)8-10/h6-7,9-10,19H,4-5,8H2,1-3H3. The normalized spacial score (nSPS) is 23.1. The number of thioether (sulfide) groups is 1. The first kappa shape index (κ1) is 15.2. The number of nitrogens with zero attached hydrogens (tertiary/aromatic N) is 1. The van der Waals surface area contributed by atoms with Gasteiger partial charge in [-0.25, -0.2) is 4.98 Å². The average molecular weight is 326 g/mol. The van der Waals surface area contributed by atoms with Crippen molar-refractivity contribution >= 4 is 34.5 Å². The van der Waals surface area contributed by atoms with Gasteiger partial charge in [0.2, 0.25) is 5.89 Å². The molecule has 0 radical (unpaired) electrons. The third-order valence-electron chi connectivity index (χ3n) is 3.75. The maximum atomic E-state index is 9.69. The van der Waals surface area contributed by atoms with Crippen molar-refractivity contribution in [1.82, 2.24) is 4.98 Å². The van der Waals surface area contributed by atoms with Crippen LogP contribution < -0.4 is 0 Å². The van der Waals surface area contributed by atoms with Gasteiger partial charge in [0.1, 0.15) is 5.52 Å². The number of rotatable bonds is 2. The number of aliphatic hydroxyl groups is 1. The fraction of sp³-hybridized carbons (Fsp3) is 0.562. The first-order valence-corrected chi connectivity index (χ1v) is 8.54. The number of oxazole rings is 1. The molecule has 114 valence electrons. The van der Waals surface area contributed by atoms with E-state index in [1.165, 1.54) is 0 Å². The highest BCUT2D eigenvalue weighted by Crippen LogP contribution is 2.42. The number of benzene rings is 1. The minimum absolute atomic E-state index is 0.128. The third-order valence-corrected chi connectivity index (χ3v) is 5.58. The molecule has 1 heterocycles. The zero-order valence-electron chi connectivity index (χ0n) is 12.5. The molecule has 0 saturated heterocycles. The lowest BCUT2D eigenvalue weighted by atomic mass is 9.97. The summed E-state index contributed by atoms with van der Waals surface area (Å²) in [4.78, 5) is 5.54. The molecule has 3 nitrogen and oxygen atoms in total. The molecule has 2 atom stereocenters. The maximum absolute atomic E-state index is 9.69. The van der Waals surface area contributed by atoms with Crippen LogP contribution in [0.2, 0.25) is 5.02 Å². The third kappa shape index (κ3) is 3.08. The largest absolute Gasteiger partial charge is 0.439 e. The van der Waals surface area contributed by atoms with E-state index in [2.05, 4.69) is 25.8 Å². The summed E-state index contributed by atoms with van der Waals surface area (Å²) in [5.74, 6) is 0.730. The van der Waals surface area contributed by atoms with E-state index < -0.39 is 0 Å². The van der Waals surface area contributed by atoms with Gasteiger partial charge in [-0.1, -0.05) is 32.4 Å². The second-order valence-corrected chi connectivity index (χ2v) is 8.42. The van der Waals surface area contributed by atoms with Crippen LogP contribution in [0.4, 0.5) is 0 Å². The van der Waals surface area contributed by atoms with E-state index >= 15 is 0 Å². The van der Waals surface area contributed by atoms with E-state index in [4.69, 9.17) is 16.0 Å². The smallest absolute Gasteiger partial charge is 0.200 e. The van der Waals surface area contributed by atoms with E-state index in [1.54, 1.807) is 11.8 Å². The van der Waals surface area contributed by atoms with Crippen molar-refractivity contribution in [2.45, 2.75) is 61.7 Å². The van der Waals surface area contributed by atoms with Gasteiger partial charge in [0.05, 0.1) is 16.0 Å². The highest BCUT2D eigenvalue weighted by atomic mass is 35.5. The predicted molar refractivity (Wildman–Crippen MR) is 87.2 cm³/mol. The Labute approximate surface area is 134 Å². The van der Waals surface area contributed by atoms with E-state index in [-0.39, 0.29) is 11.5 Å². The van der Waals surface area contributed by atoms with Crippen molar-refractivity contribution in [3.63, 3.8) is 0 Å². The van der Waals surface area contributed by atoms with Gasteiger partial charge in [0, 0.05) is 10.7 Å². The number of halogens is 1. The van der Waals surface area contributed by atoms with Gasteiger partial charge in [-0.15, -0.1) is 11.8 Å². The molecule has 1 fully saturated rings. The summed E-state index contributed by atoms with van der Waals surface area (Å²) in [6.07, 6.45) is 2.52. The van der Waals surface area contributed by atoms with Crippen molar-refractivity contribution in [2.75, 3.05) is 0 Å². The molecular formula is C16H20ClNO2S. The molecule has 0 spiro atoms. The molecule has 2 unspecified atom stereocenters. The molecule has 1 saturated carbocycles. The Hall–Kier alpha value is -0.710. The van der Waals surface area contributed by atoms with Gasteiger partial charge < -0.3 is 9.52 Å². The van der Waals surface area contributed by atoms with Gasteiger partial charge in [-0.2, -0.15) is 0 Å². The highest BCUT2D eigenvalue weighted by molar-refractivity contribution is 8.00. The lowest BCUT2D eigenvalue weighted by Gasteiger charge is -2.12. The number of hydrogen-bond donors (Lipinski definition) is 1. The Morgan fingerprint density at radius 3 is 2.71 bits per heavy atom. The molecule has 1 aliphatic carbocycles. The quantitative estimate of drug-likeness (QED) is 0.862. The maximum Gasteiger partial charge on any atom is 0.200 e. The molecule has 2 aromatic rings. The summed E-state index contributed by atoms with van der Waals surface area (Å²) in [6.45, 7) is 6.25. The number of fused-ring (bicyclic) bond motifs is 1. The Morgan fingerprint density at radius 2 is 2.10 bits per heavy atom. The van der Waals surface area contributed by atoms with Gasteiger partial charge in [0.25, 0.3) is 0 Å². The lowest BCUT2D eigenvalue weighted by molar-refractivity contribution is 0.183. The van der Waals surface area contributed by atoms with Crippen LogP contribution in [-0.4, -0.2) is 21.4 Å². The monoisotopic (exact) mass is 325 g/mol. The molecule has 3 rings (SSSR count). The number of aliphatic hydroxyl groups excluding tert-OH is 1. The van der Waals surface area contributed by atoms with Crippen molar-refractivity contribution in [1.29, 1.82) is 0 Å². The first-order valence-electron chi connectivity index (χ1n) is 7.29. The number of hydrogen-bond acceptors (Lipinski definition) is 4. The summed E-state index contributed by atoms with van der Waals surface area (Å²) >= 11 is 8.08. The van der Waals surface area contributed by atoms with Crippen LogP contribution in [0.1, 0.15) is 45.9 Å². The Bertz CT molecular complexity index is 662. The van der Waals surface area contributed by atoms with E-state index in [0.29, 0.717) is 10.3 Å². The van der Waals surface area contributed by atoms with Crippen LogP contribution in [0, 0.1) is 0 Å². The Kier molecular flexibility index (Phi) is 3.97. The van der Waals surface area contributed by atoms with Crippen molar-refractivity contribution in [3.05, 3.63) is 23.0 Å². The Morgan fingerprint density at radius 1 is 1.33 bits per heavy atom. The van der Waals surface area contributed by atoms with E-state index in [0.717, 1.165) is 41.1 Å². The van der Waals surface area contributed by atoms with Crippen LogP contribution in [0.5, 0.6) is 0 Å². The van der Waals surface area contributed by atoms with Crippen molar-refractivity contribution in [3.8, 4) is 0 Å². The topological polar surface area (TPSA) is 46.3 Å². The molecule has 1 aromatic carbocycles. The van der Waals surface area contributed by atoms with Gasteiger partial charge >= 0.3 is 0 Å². The second kappa shape index (κ2) is 5.49. The molecule has 1 aliphatic rings. The van der Waals surface area contributed by atoms with E-state index in [1.807, 2.05) is 12.1 Å². The minimum atomic E-state index is -0.180.